The number of carbonyl (C=O) groups is 2. The number of methoxy groups -OCH3 is 1. The smallest absolute Gasteiger partial charge is 0.496 e. The monoisotopic (exact) mass is 391 g/mol. The van der Waals surface area contributed by atoms with E-state index in [-0.39, 0.29) is 24.9 Å². The molecular weight excluding hydrogens is 372 g/mol. The van der Waals surface area contributed by atoms with E-state index in [1.165, 1.54) is 15.6 Å². The van der Waals surface area contributed by atoms with Crippen molar-refractivity contribution in [2.24, 2.45) is 5.92 Å². The van der Waals surface area contributed by atoms with Crippen LogP contribution in [-0.4, -0.2) is 50.9 Å². The number of rotatable bonds is 6. The number of fused-ring (bicyclic) bond motifs is 1. The van der Waals surface area contributed by atoms with E-state index in [0.29, 0.717) is 22.8 Å². The van der Waals surface area contributed by atoms with Crippen LogP contribution in [0.1, 0.15) is 5.89 Å². The number of nitrogens with zero attached hydrogens (tertiary/aromatic N) is 4. The van der Waals surface area contributed by atoms with Crippen LogP contribution in [0.3, 0.4) is 0 Å². The van der Waals surface area contributed by atoms with E-state index in [9.17, 15) is 9.59 Å². The highest BCUT2D eigenvalue weighted by Gasteiger charge is 2.46. The highest BCUT2D eigenvalue weighted by molar-refractivity contribution is 6.16. The van der Waals surface area contributed by atoms with Crippen LogP contribution in [-0.2, 0) is 11.3 Å². The minimum atomic E-state index is -0.533. The van der Waals surface area contributed by atoms with Crippen molar-refractivity contribution in [2.75, 3.05) is 13.7 Å². The van der Waals surface area contributed by atoms with Crippen LogP contribution in [0.4, 0.5) is 4.79 Å². The van der Waals surface area contributed by atoms with Gasteiger partial charge in [0.05, 0.1) is 12.7 Å². The van der Waals surface area contributed by atoms with Crippen molar-refractivity contribution in [3.8, 4) is 17.1 Å². The first-order valence-electron chi connectivity index (χ1n) is 9.05. The van der Waals surface area contributed by atoms with Gasteiger partial charge in [0.1, 0.15) is 23.9 Å². The van der Waals surface area contributed by atoms with E-state index in [2.05, 4.69) is 16.7 Å². The molecule has 3 amide bonds. The molecule has 1 aromatic carbocycles. The summed E-state index contributed by atoms with van der Waals surface area (Å²) in [5.41, 5.74) is 1.27. The molecule has 1 aliphatic heterocycles. The molecule has 2 aliphatic rings. The Balaban J connectivity index is 1.69. The second-order valence-electron chi connectivity index (χ2n) is 6.46. The predicted molar refractivity (Wildman–Crippen MR) is 104 cm³/mol. The van der Waals surface area contributed by atoms with Crippen LogP contribution in [0.25, 0.3) is 11.4 Å². The largest absolute Gasteiger partial charge is 0.501 e. The van der Waals surface area contributed by atoms with Crippen LogP contribution in [0.5, 0.6) is 5.75 Å². The fourth-order valence-corrected chi connectivity index (χ4v) is 3.37. The lowest BCUT2D eigenvalue weighted by molar-refractivity contribution is -0.459. The molecular formula is C21H19N4O4+. The number of imide groups is 1. The Morgan fingerprint density at radius 3 is 2.93 bits per heavy atom. The number of ether oxygens (including phenoxy) is 1. The van der Waals surface area contributed by atoms with Gasteiger partial charge in [-0.15, -0.1) is 0 Å². The lowest BCUT2D eigenvalue weighted by Gasteiger charge is -2.25. The second kappa shape index (κ2) is 7.67. The Labute approximate surface area is 167 Å². The summed E-state index contributed by atoms with van der Waals surface area (Å²) in [4.78, 5) is 31.2. The molecule has 1 aliphatic carbocycles. The first-order valence-corrected chi connectivity index (χ1v) is 9.05. The van der Waals surface area contributed by atoms with E-state index in [4.69, 9.17) is 9.26 Å². The molecule has 2 aromatic rings. The standard InChI is InChI=1S/C21H19N4O4/c1-3-12-24-20(26)14-8-4-6-10-16(14)25(21(24)27)13-18-22-19(23-29-18)15-9-5-7-11-17(15)28-2/h3-11,14H,1,12-13H2,2H3/q+1. The number of urea groups is 1. The summed E-state index contributed by atoms with van der Waals surface area (Å²) in [6.07, 6.45) is 8.62. The molecule has 0 radical (unpaired) electrons. The third kappa shape index (κ3) is 3.29. The molecule has 0 saturated carbocycles. The summed E-state index contributed by atoms with van der Waals surface area (Å²) in [5.74, 6) is 0.422. The third-order valence-corrected chi connectivity index (χ3v) is 4.73. The maximum absolute atomic E-state index is 13.0. The normalized spacial score (nSPS) is 18.2. The van der Waals surface area contributed by atoms with Crippen molar-refractivity contribution >= 4 is 17.6 Å². The molecule has 8 heteroatoms. The van der Waals surface area contributed by atoms with Gasteiger partial charge in [0.25, 0.3) is 5.89 Å². The van der Waals surface area contributed by atoms with Crippen molar-refractivity contribution in [1.29, 1.82) is 0 Å². The zero-order chi connectivity index (χ0) is 20.4. The Bertz CT molecular complexity index is 1080. The van der Waals surface area contributed by atoms with Crippen LogP contribution >= 0.6 is 0 Å². The van der Waals surface area contributed by atoms with Gasteiger partial charge in [-0.2, -0.15) is 19.3 Å². The minimum absolute atomic E-state index is 0.0475. The number of hydrogen-bond donors (Lipinski definition) is 0. The Morgan fingerprint density at radius 1 is 1.31 bits per heavy atom. The van der Waals surface area contributed by atoms with Gasteiger partial charge in [-0.1, -0.05) is 48.2 Å². The third-order valence-electron chi connectivity index (χ3n) is 4.73. The van der Waals surface area contributed by atoms with E-state index >= 15 is 0 Å². The van der Waals surface area contributed by atoms with Crippen LogP contribution in [0.15, 0.2) is 65.7 Å². The summed E-state index contributed by atoms with van der Waals surface area (Å²) in [5, 5.41) is 4.02. The molecule has 2 heterocycles. The molecule has 1 atom stereocenters. The van der Waals surface area contributed by atoms with Crippen molar-refractivity contribution in [3.63, 3.8) is 0 Å². The van der Waals surface area contributed by atoms with Gasteiger partial charge >= 0.3 is 11.9 Å². The van der Waals surface area contributed by atoms with Gasteiger partial charge in [0.2, 0.25) is 5.82 Å². The number of carbonyl (C=O) groups excluding carboxylic acids is 2. The fraction of sp³-hybridized carbons (Fsp3) is 0.190. The molecule has 1 unspecified atom stereocenters. The Kier molecular flexibility index (Phi) is 4.90. The molecule has 0 fully saturated rings. The lowest BCUT2D eigenvalue weighted by atomic mass is 9.94. The van der Waals surface area contributed by atoms with Crippen LogP contribution in [0, 0.1) is 5.92 Å². The van der Waals surface area contributed by atoms with E-state index in [0.717, 1.165) is 0 Å². The number of hydrogen-bond acceptors (Lipinski definition) is 6. The van der Waals surface area contributed by atoms with Crippen molar-refractivity contribution in [1.82, 2.24) is 15.0 Å². The average Bonchev–Trinajstić information content (AvgIpc) is 3.22. The molecule has 0 N–H and O–H groups in total. The first-order chi connectivity index (χ1) is 14.1. The van der Waals surface area contributed by atoms with E-state index in [1.807, 2.05) is 18.2 Å². The van der Waals surface area contributed by atoms with Gasteiger partial charge < -0.3 is 9.26 Å². The molecule has 29 heavy (non-hydrogen) atoms. The number of aromatic nitrogens is 2. The zero-order valence-electron chi connectivity index (χ0n) is 15.8. The fourth-order valence-electron chi connectivity index (χ4n) is 3.37. The summed E-state index contributed by atoms with van der Waals surface area (Å²) in [6, 6.07) is 6.88. The van der Waals surface area contributed by atoms with Gasteiger partial charge in [-0.3, -0.25) is 0 Å². The van der Waals surface area contributed by atoms with Crippen LogP contribution < -0.4 is 4.74 Å². The molecule has 1 aromatic heterocycles. The maximum Gasteiger partial charge on any atom is 0.501 e. The van der Waals surface area contributed by atoms with Crippen molar-refractivity contribution in [3.05, 3.63) is 67.1 Å². The number of amides is 3. The van der Waals surface area contributed by atoms with Crippen LogP contribution in [0.2, 0.25) is 0 Å². The van der Waals surface area contributed by atoms with Crippen molar-refractivity contribution in [2.45, 2.75) is 6.54 Å². The second-order valence-corrected chi connectivity index (χ2v) is 6.46. The Morgan fingerprint density at radius 2 is 2.14 bits per heavy atom. The summed E-state index contributed by atoms with van der Waals surface area (Å²) < 4.78 is 12.2. The first kappa shape index (κ1) is 18.5. The number of para-hydroxylation sites is 1. The molecule has 146 valence electrons. The topological polar surface area (TPSA) is 88.5 Å². The minimum Gasteiger partial charge on any atom is -0.496 e. The molecule has 4 rings (SSSR count). The molecule has 0 saturated heterocycles. The summed E-state index contributed by atoms with van der Waals surface area (Å²) >= 11 is 0. The zero-order valence-corrected chi connectivity index (χ0v) is 15.8. The molecule has 0 bridgehead atoms. The number of allylic oxidation sites excluding steroid dienone is 3. The Hall–Kier alpha value is -3.81. The quantitative estimate of drug-likeness (QED) is 0.556. The van der Waals surface area contributed by atoms with E-state index < -0.39 is 11.9 Å². The highest BCUT2D eigenvalue weighted by atomic mass is 16.5. The predicted octanol–water partition coefficient (Wildman–Crippen LogP) is 2.59. The lowest BCUT2D eigenvalue weighted by Crippen LogP contribution is -2.54. The van der Waals surface area contributed by atoms with Gasteiger partial charge in [-0.05, 0) is 18.2 Å². The summed E-state index contributed by atoms with van der Waals surface area (Å²) in [6.45, 7) is 3.81. The summed E-state index contributed by atoms with van der Waals surface area (Å²) in [7, 11) is 1.57. The average molecular weight is 391 g/mol. The van der Waals surface area contributed by atoms with Gasteiger partial charge in [0.15, 0.2) is 6.54 Å². The molecule has 0 spiro atoms. The number of benzene rings is 1. The van der Waals surface area contributed by atoms with Crippen molar-refractivity contribution < 1.29 is 23.4 Å². The maximum atomic E-state index is 13.0. The SMILES string of the molecule is C=CCN1C(=O)C2C=CC=CC2=[N+](Cc2nc(-c3ccccc3OC)no2)C1=O. The van der Waals surface area contributed by atoms with Gasteiger partial charge in [-0.25, -0.2) is 4.79 Å². The van der Waals surface area contributed by atoms with E-state index in [1.54, 1.807) is 37.5 Å². The molecule has 8 nitrogen and oxygen atoms in total. The van der Waals surface area contributed by atoms with Gasteiger partial charge in [0, 0.05) is 0 Å². The highest BCUT2D eigenvalue weighted by Crippen LogP contribution is 2.27.